The first-order valence-electron chi connectivity index (χ1n) is 10.0. The van der Waals surface area contributed by atoms with Gasteiger partial charge in [0.1, 0.15) is 0 Å². The van der Waals surface area contributed by atoms with Crippen LogP contribution in [0.2, 0.25) is 5.02 Å². The molecule has 0 heterocycles. The molecule has 0 radical (unpaired) electrons. The van der Waals surface area contributed by atoms with Gasteiger partial charge in [0.2, 0.25) is 0 Å². The second kappa shape index (κ2) is 8.66. The van der Waals surface area contributed by atoms with Gasteiger partial charge in [-0.25, -0.2) is 0 Å². The SMILES string of the molecule is O=C(NC1CCCCC1)c1cc(Cl)ccc1NC(=O)c1cccc2ccccc12. The lowest BCUT2D eigenvalue weighted by Gasteiger charge is -2.23. The normalized spacial score (nSPS) is 14.5. The number of carbonyl (C=O) groups excluding carboxylic acids is 2. The predicted molar refractivity (Wildman–Crippen MR) is 118 cm³/mol. The Morgan fingerprint density at radius 1 is 0.828 bits per heavy atom. The van der Waals surface area contributed by atoms with Crippen LogP contribution in [0.15, 0.2) is 60.7 Å². The Kier molecular flexibility index (Phi) is 5.81. The molecule has 0 aliphatic heterocycles. The second-order valence-electron chi connectivity index (χ2n) is 7.48. The van der Waals surface area contributed by atoms with Crippen molar-refractivity contribution < 1.29 is 9.59 Å². The number of rotatable bonds is 4. The van der Waals surface area contributed by atoms with Gasteiger partial charge in [0.05, 0.1) is 11.3 Å². The van der Waals surface area contributed by atoms with Crippen molar-refractivity contribution in [1.82, 2.24) is 5.32 Å². The summed E-state index contributed by atoms with van der Waals surface area (Å²) in [5.74, 6) is -0.455. The predicted octanol–water partition coefficient (Wildman–Crippen LogP) is 5.81. The van der Waals surface area contributed by atoms with Crippen molar-refractivity contribution in [3.05, 3.63) is 76.8 Å². The van der Waals surface area contributed by atoms with E-state index in [9.17, 15) is 9.59 Å². The van der Waals surface area contributed by atoms with Crippen LogP contribution in [0.3, 0.4) is 0 Å². The zero-order chi connectivity index (χ0) is 20.2. The molecule has 148 valence electrons. The molecule has 2 amide bonds. The second-order valence-corrected chi connectivity index (χ2v) is 7.92. The van der Waals surface area contributed by atoms with Gasteiger partial charge in [-0.3, -0.25) is 9.59 Å². The molecule has 0 spiro atoms. The highest BCUT2D eigenvalue weighted by Gasteiger charge is 2.20. The average Bonchev–Trinajstić information content (AvgIpc) is 2.75. The largest absolute Gasteiger partial charge is 0.349 e. The number of fused-ring (bicyclic) bond motifs is 1. The molecule has 0 saturated heterocycles. The van der Waals surface area contributed by atoms with Crippen LogP contribution in [0, 0.1) is 0 Å². The highest BCUT2D eigenvalue weighted by atomic mass is 35.5. The Morgan fingerprint density at radius 3 is 2.41 bits per heavy atom. The van der Waals surface area contributed by atoms with Crippen LogP contribution < -0.4 is 10.6 Å². The summed E-state index contributed by atoms with van der Waals surface area (Å²) in [6, 6.07) is 18.5. The molecule has 4 rings (SSSR count). The van der Waals surface area contributed by atoms with Crippen LogP contribution in [-0.2, 0) is 0 Å². The number of nitrogens with one attached hydrogen (secondary N) is 2. The summed E-state index contributed by atoms with van der Waals surface area (Å²) >= 11 is 6.14. The van der Waals surface area contributed by atoms with Gasteiger partial charge >= 0.3 is 0 Å². The van der Waals surface area contributed by atoms with Gasteiger partial charge in [0, 0.05) is 16.6 Å². The molecule has 3 aromatic rings. The van der Waals surface area contributed by atoms with Gasteiger partial charge in [-0.15, -0.1) is 0 Å². The summed E-state index contributed by atoms with van der Waals surface area (Å²) in [4.78, 5) is 25.9. The number of hydrogen-bond donors (Lipinski definition) is 2. The van der Waals surface area contributed by atoms with Gasteiger partial charge in [0.25, 0.3) is 11.8 Å². The lowest BCUT2D eigenvalue weighted by Crippen LogP contribution is -2.36. The third kappa shape index (κ3) is 4.43. The number of anilines is 1. The molecule has 3 aromatic carbocycles. The van der Waals surface area contributed by atoms with Crippen molar-refractivity contribution in [3.8, 4) is 0 Å². The summed E-state index contributed by atoms with van der Waals surface area (Å²) in [6.45, 7) is 0. The molecule has 1 aliphatic rings. The maximum Gasteiger partial charge on any atom is 0.256 e. The lowest BCUT2D eigenvalue weighted by atomic mass is 9.95. The van der Waals surface area contributed by atoms with E-state index in [1.165, 1.54) is 6.42 Å². The van der Waals surface area contributed by atoms with Crippen LogP contribution in [0.1, 0.15) is 52.8 Å². The van der Waals surface area contributed by atoms with E-state index in [-0.39, 0.29) is 17.9 Å². The lowest BCUT2D eigenvalue weighted by molar-refractivity contribution is 0.0928. The van der Waals surface area contributed by atoms with Crippen LogP contribution in [0.5, 0.6) is 0 Å². The van der Waals surface area contributed by atoms with E-state index in [0.29, 0.717) is 21.8 Å². The van der Waals surface area contributed by atoms with Gasteiger partial charge < -0.3 is 10.6 Å². The van der Waals surface area contributed by atoms with E-state index >= 15 is 0 Å². The molecule has 29 heavy (non-hydrogen) atoms. The third-order valence-electron chi connectivity index (χ3n) is 5.45. The Morgan fingerprint density at radius 2 is 1.59 bits per heavy atom. The molecule has 0 atom stereocenters. The highest BCUT2D eigenvalue weighted by Crippen LogP contribution is 2.25. The van der Waals surface area contributed by atoms with E-state index in [1.807, 2.05) is 36.4 Å². The molecule has 0 unspecified atom stereocenters. The summed E-state index contributed by atoms with van der Waals surface area (Å²) < 4.78 is 0. The first-order chi connectivity index (χ1) is 14.1. The molecule has 2 N–H and O–H groups in total. The van der Waals surface area contributed by atoms with E-state index in [2.05, 4.69) is 10.6 Å². The van der Waals surface area contributed by atoms with Gasteiger partial charge in [0.15, 0.2) is 0 Å². The molecular weight excluding hydrogens is 384 g/mol. The number of carbonyl (C=O) groups is 2. The Bertz CT molecular complexity index is 1050. The Labute approximate surface area is 175 Å². The summed E-state index contributed by atoms with van der Waals surface area (Å²) in [5, 5.41) is 8.32. The maximum atomic E-state index is 13.0. The van der Waals surface area contributed by atoms with Crippen molar-refractivity contribution in [2.75, 3.05) is 5.32 Å². The molecule has 0 aromatic heterocycles. The van der Waals surface area contributed by atoms with Crippen molar-refractivity contribution in [2.24, 2.45) is 0 Å². The Hall–Kier alpha value is -2.85. The average molecular weight is 407 g/mol. The smallest absolute Gasteiger partial charge is 0.256 e. The maximum absolute atomic E-state index is 13.0. The number of halogens is 1. The minimum Gasteiger partial charge on any atom is -0.349 e. The fourth-order valence-corrected chi connectivity index (χ4v) is 4.11. The minimum absolute atomic E-state index is 0.178. The molecule has 5 heteroatoms. The van der Waals surface area contributed by atoms with Crippen LogP contribution in [0.4, 0.5) is 5.69 Å². The van der Waals surface area contributed by atoms with Crippen molar-refractivity contribution in [2.45, 2.75) is 38.1 Å². The van der Waals surface area contributed by atoms with E-state index in [0.717, 1.165) is 36.5 Å². The summed E-state index contributed by atoms with van der Waals surface area (Å²) in [7, 11) is 0. The highest BCUT2D eigenvalue weighted by molar-refractivity contribution is 6.31. The third-order valence-corrected chi connectivity index (χ3v) is 5.68. The standard InChI is InChI=1S/C24H23ClN2O2/c25-17-13-14-22(21(15-17)24(29)26-18-9-2-1-3-10-18)27-23(28)20-12-6-8-16-7-4-5-11-19(16)20/h4-8,11-15,18H,1-3,9-10H2,(H,26,29)(H,27,28). The fraction of sp³-hybridized carbons (Fsp3) is 0.250. The molecule has 1 aliphatic carbocycles. The van der Waals surface area contributed by atoms with Crippen molar-refractivity contribution in [3.63, 3.8) is 0 Å². The van der Waals surface area contributed by atoms with Gasteiger partial charge in [-0.2, -0.15) is 0 Å². The number of hydrogen-bond acceptors (Lipinski definition) is 2. The van der Waals surface area contributed by atoms with Crippen LogP contribution >= 0.6 is 11.6 Å². The molecule has 4 nitrogen and oxygen atoms in total. The van der Waals surface area contributed by atoms with Crippen molar-refractivity contribution in [1.29, 1.82) is 0 Å². The number of amides is 2. The van der Waals surface area contributed by atoms with E-state index in [1.54, 1.807) is 24.3 Å². The first kappa shape index (κ1) is 19.5. The first-order valence-corrected chi connectivity index (χ1v) is 10.4. The van der Waals surface area contributed by atoms with Gasteiger partial charge in [-0.1, -0.05) is 67.3 Å². The zero-order valence-corrected chi connectivity index (χ0v) is 16.8. The van der Waals surface area contributed by atoms with Crippen LogP contribution in [-0.4, -0.2) is 17.9 Å². The van der Waals surface area contributed by atoms with Crippen LogP contribution in [0.25, 0.3) is 10.8 Å². The molecule has 1 fully saturated rings. The zero-order valence-electron chi connectivity index (χ0n) is 16.1. The molecule has 1 saturated carbocycles. The molecule has 0 bridgehead atoms. The minimum atomic E-state index is -0.254. The van der Waals surface area contributed by atoms with Gasteiger partial charge in [-0.05, 0) is 47.9 Å². The quantitative estimate of drug-likeness (QED) is 0.574. The molecular formula is C24H23ClN2O2. The summed E-state index contributed by atoms with van der Waals surface area (Å²) in [5.41, 5.74) is 1.41. The number of benzene rings is 3. The van der Waals surface area contributed by atoms with E-state index in [4.69, 9.17) is 11.6 Å². The monoisotopic (exact) mass is 406 g/mol. The topological polar surface area (TPSA) is 58.2 Å². The summed E-state index contributed by atoms with van der Waals surface area (Å²) in [6.07, 6.45) is 5.46. The van der Waals surface area contributed by atoms with Crippen molar-refractivity contribution >= 4 is 39.9 Å². The Balaban J connectivity index is 1.59. The fourth-order valence-electron chi connectivity index (χ4n) is 3.94. The van der Waals surface area contributed by atoms with E-state index < -0.39 is 0 Å².